The van der Waals surface area contributed by atoms with Gasteiger partial charge in [0.1, 0.15) is 11.2 Å². The Morgan fingerprint density at radius 1 is 1.43 bits per heavy atom. The van der Waals surface area contributed by atoms with Gasteiger partial charge in [-0.1, -0.05) is 23.2 Å². The van der Waals surface area contributed by atoms with Gasteiger partial charge in [-0.25, -0.2) is 5.48 Å². The van der Waals surface area contributed by atoms with Crippen molar-refractivity contribution in [2.24, 2.45) is 0 Å². The van der Waals surface area contributed by atoms with Gasteiger partial charge >= 0.3 is 0 Å². The maximum absolute atomic E-state index is 12.7. The first-order valence-corrected chi connectivity index (χ1v) is 8.61. The van der Waals surface area contributed by atoms with E-state index in [1.54, 1.807) is 28.4 Å². The van der Waals surface area contributed by atoms with Crippen molar-refractivity contribution in [2.45, 2.75) is 25.4 Å². The van der Waals surface area contributed by atoms with Crippen LogP contribution in [-0.2, 0) is 17.8 Å². The first-order chi connectivity index (χ1) is 10.9. The molecular weight excluding hydrogens is 361 g/mol. The zero-order chi connectivity index (χ0) is 16.7. The minimum Gasteiger partial charge on any atom is -0.352 e. The Hall–Kier alpha value is -1.28. The number of hydroxylamine groups is 1. The Balaban J connectivity index is 1.74. The number of carbonyl (C=O) groups is 2. The van der Waals surface area contributed by atoms with E-state index in [0.717, 1.165) is 10.4 Å². The molecule has 0 spiro atoms. The molecule has 1 unspecified atom stereocenters. The highest BCUT2D eigenvalue weighted by atomic mass is 35.5. The molecule has 1 aromatic rings. The fourth-order valence-corrected chi connectivity index (χ4v) is 4.40. The number of nitrogens with one attached hydrogen (secondary N) is 1. The molecule has 0 saturated heterocycles. The Kier molecular flexibility index (Phi) is 4.55. The van der Waals surface area contributed by atoms with Crippen LogP contribution in [-0.4, -0.2) is 46.5 Å². The van der Waals surface area contributed by atoms with E-state index < -0.39 is 5.91 Å². The second kappa shape index (κ2) is 6.32. The lowest BCUT2D eigenvalue weighted by atomic mass is 10.1. The summed E-state index contributed by atoms with van der Waals surface area (Å²) in [6.45, 7) is 1.04. The number of nitrogens with zero attached hydrogens (tertiary/aromatic N) is 2. The van der Waals surface area contributed by atoms with E-state index in [2.05, 4.69) is 0 Å². The van der Waals surface area contributed by atoms with Gasteiger partial charge in [-0.3, -0.25) is 14.8 Å². The molecule has 9 heteroatoms. The highest BCUT2D eigenvalue weighted by molar-refractivity contribution is 7.14. The summed E-state index contributed by atoms with van der Waals surface area (Å²) in [7, 11) is 1.75. The third-order valence-electron chi connectivity index (χ3n) is 4.16. The molecule has 23 heavy (non-hydrogen) atoms. The zero-order valence-corrected chi connectivity index (χ0v) is 14.6. The highest BCUT2D eigenvalue weighted by Crippen LogP contribution is 2.34. The van der Waals surface area contributed by atoms with Crippen LogP contribution in [0.4, 0.5) is 0 Å². The van der Waals surface area contributed by atoms with Crippen molar-refractivity contribution in [3.8, 4) is 0 Å². The number of thiophene rings is 1. The van der Waals surface area contributed by atoms with Gasteiger partial charge in [0.2, 0.25) is 5.91 Å². The first kappa shape index (κ1) is 16.6. The molecule has 2 N–H and O–H groups in total. The smallest absolute Gasteiger partial charge is 0.284 e. The predicted octanol–water partition coefficient (Wildman–Crippen LogP) is 2.10. The van der Waals surface area contributed by atoms with Gasteiger partial charge < -0.3 is 9.80 Å². The van der Waals surface area contributed by atoms with Crippen LogP contribution in [0.1, 0.15) is 26.5 Å². The molecule has 124 valence electrons. The summed E-state index contributed by atoms with van der Waals surface area (Å²) in [6, 6.07) is 1.34. The van der Waals surface area contributed by atoms with Gasteiger partial charge in [-0.05, 0) is 18.1 Å². The van der Waals surface area contributed by atoms with Crippen molar-refractivity contribution < 1.29 is 14.8 Å². The van der Waals surface area contributed by atoms with Gasteiger partial charge in [-0.15, -0.1) is 11.3 Å². The number of likely N-dealkylation sites (N-methyl/N-ethyl adjacent to an activating group) is 1. The fraction of sp³-hybridized carbons (Fsp3) is 0.429. The topological polar surface area (TPSA) is 72.9 Å². The maximum Gasteiger partial charge on any atom is 0.284 e. The van der Waals surface area contributed by atoms with E-state index in [4.69, 9.17) is 28.4 Å². The summed E-state index contributed by atoms with van der Waals surface area (Å²) in [5.74, 6) is -0.549. The molecule has 3 rings (SSSR count). The van der Waals surface area contributed by atoms with Gasteiger partial charge in [0.25, 0.3) is 5.91 Å². The van der Waals surface area contributed by atoms with Crippen molar-refractivity contribution in [1.29, 1.82) is 0 Å². The summed E-state index contributed by atoms with van der Waals surface area (Å²) in [5, 5.41) is 9.64. The van der Waals surface area contributed by atoms with Gasteiger partial charge in [0, 0.05) is 31.4 Å². The third kappa shape index (κ3) is 2.94. The summed E-state index contributed by atoms with van der Waals surface area (Å²) < 4.78 is 0. The van der Waals surface area contributed by atoms with Gasteiger partial charge in [-0.2, -0.15) is 0 Å². The van der Waals surface area contributed by atoms with Crippen LogP contribution in [0, 0.1) is 0 Å². The van der Waals surface area contributed by atoms with Crippen molar-refractivity contribution >= 4 is 46.4 Å². The number of halogens is 2. The quantitative estimate of drug-likeness (QED) is 0.471. The van der Waals surface area contributed by atoms with E-state index in [1.165, 1.54) is 11.3 Å². The van der Waals surface area contributed by atoms with Crippen LogP contribution in [0.5, 0.6) is 0 Å². The zero-order valence-electron chi connectivity index (χ0n) is 12.3. The van der Waals surface area contributed by atoms with Crippen molar-refractivity contribution in [1.82, 2.24) is 15.3 Å². The minimum atomic E-state index is -0.527. The average Bonchev–Trinajstić information content (AvgIpc) is 3.09. The lowest BCUT2D eigenvalue weighted by Crippen LogP contribution is -2.46. The molecule has 2 aliphatic heterocycles. The molecule has 0 aliphatic carbocycles. The molecule has 1 aromatic heterocycles. The monoisotopic (exact) mass is 375 g/mol. The van der Waals surface area contributed by atoms with E-state index in [-0.39, 0.29) is 11.9 Å². The number of fused-ring (bicyclic) bond motifs is 1. The van der Waals surface area contributed by atoms with E-state index >= 15 is 0 Å². The van der Waals surface area contributed by atoms with Crippen LogP contribution in [0.3, 0.4) is 0 Å². The lowest BCUT2D eigenvalue weighted by molar-refractivity contribution is -0.136. The second-order valence-electron chi connectivity index (χ2n) is 5.54. The van der Waals surface area contributed by atoms with Crippen LogP contribution in [0.25, 0.3) is 0 Å². The van der Waals surface area contributed by atoms with Crippen LogP contribution in [0.15, 0.2) is 16.3 Å². The first-order valence-electron chi connectivity index (χ1n) is 7.04. The Bertz CT molecular complexity index is 703. The molecule has 0 fully saturated rings. The standard InChI is InChI=1S/C14H15Cl2N3O3S/c1-18-9(5-8(15)12(18)16)14(21)19-3-2-10-7(6-19)4-11(23-10)13(20)17-22/h4,9,22H,2-3,5-6H2,1H3,(H,17,20). The number of carbonyl (C=O) groups excluding carboxylic acids is 2. The average molecular weight is 376 g/mol. The second-order valence-corrected chi connectivity index (χ2v) is 7.49. The van der Waals surface area contributed by atoms with Gasteiger partial charge in [0.05, 0.1) is 9.91 Å². The van der Waals surface area contributed by atoms with Crippen LogP contribution < -0.4 is 5.48 Å². The number of hydrogen-bond acceptors (Lipinski definition) is 5. The lowest BCUT2D eigenvalue weighted by Gasteiger charge is -2.32. The van der Waals surface area contributed by atoms with Crippen molar-refractivity contribution in [3.63, 3.8) is 0 Å². The molecule has 0 bridgehead atoms. The SMILES string of the molecule is CN1C(Cl)=C(Cl)CC1C(=O)N1CCc2sc(C(=O)NO)cc2C1. The predicted molar refractivity (Wildman–Crippen MR) is 87.6 cm³/mol. The largest absolute Gasteiger partial charge is 0.352 e. The summed E-state index contributed by atoms with van der Waals surface area (Å²) >= 11 is 13.4. The molecule has 6 nitrogen and oxygen atoms in total. The molecular formula is C14H15Cl2N3O3S. The summed E-state index contributed by atoms with van der Waals surface area (Å²) in [6.07, 6.45) is 1.11. The molecule has 0 aromatic carbocycles. The van der Waals surface area contributed by atoms with Crippen LogP contribution in [0.2, 0.25) is 0 Å². The minimum absolute atomic E-state index is 0.0219. The molecule has 3 heterocycles. The Morgan fingerprint density at radius 3 is 2.78 bits per heavy atom. The Morgan fingerprint density at radius 2 is 2.17 bits per heavy atom. The van der Waals surface area contributed by atoms with Crippen molar-refractivity contribution in [3.05, 3.63) is 31.6 Å². The normalized spacial score (nSPS) is 20.8. The summed E-state index contributed by atoms with van der Waals surface area (Å²) in [4.78, 5) is 29.2. The van der Waals surface area contributed by atoms with Crippen LogP contribution >= 0.6 is 34.5 Å². The molecule has 0 saturated carbocycles. The van der Waals surface area contributed by atoms with Crippen molar-refractivity contribution in [2.75, 3.05) is 13.6 Å². The Labute approximate surface area is 147 Å². The number of rotatable bonds is 2. The third-order valence-corrected chi connectivity index (χ3v) is 6.32. The molecule has 2 aliphatic rings. The van der Waals surface area contributed by atoms with E-state index in [0.29, 0.717) is 41.0 Å². The number of amides is 2. The van der Waals surface area contributed by atoms with E-state index in [9.17, 15) is 9.59 Å². The molecule has 0 radical (unpaired) electrons. The maximum atomic E-state index is 12.7. The molecule has 2 amide bonds. The van der Waals surface area contributed by atoms with Gasteiger partial charge in [0.15, 0.2) is 0 Å². The summed E-state index contributed by atoms with van der Waals surface area (Å²) in [5.41, 5.74) is 2.58. The fourth-order valence-electron chi connectivity index (χ4n) is 2.87. The molecule has 1 atom stereocenters. The number of hydrogen-bond donors (Lipinski definition) is 2. The van der Waals surface area contributed by atoms with E-state index in [1.807, 2.05) is 0 Å². The highest BCUT2D eigenvalue weighted by Gasteiger charge is 2.36.